The van der Waals surface area contributed by atoms with Crippen molar-refractivity contribution in [1.29, 1.82) is 0 Å². The second-order valence-corrected chi connectivity index (χ2v) is 6.74. The number of piperazine rings is 1. The molecule has 0 spiro atoms. The van der Waals surface area contributed by atoms with Gasteiger partial charge in [0.25, 0.3) is 0 Å². The van der Waals surface area contributed by atoms with Crippen LogP contribution in [0, 0.1) is 0 Å². The van der Waals surface area contributed by atoms with Crippen LogP contribution < -0.4 is 10.1 Å². The average Bonchev–Trinajstić information content (AvgIpc) is 3.19. The Bertz CT molecular complexity index is 668. The lowest BCUT2D eigenvalue weighted by atomic mass is 10.1. The van der Waals surface area contributed by atoms with Crippen molar-refractivity contribution >= 4 is 17.9 Å². The average molecular weight is 357 g/mol. The SMILES string of the molecule is COc1ccccc1/C=C/CN1CCNC(=O)C1CC(=O)N1CCCC1. The number of amides is 2. The highest BCUT2D eigenvalue weighted by Crippen LogP contribution is 2.19. The van der Waals surface area contributed by atoms with Crippen LogP contribution in [0.4, 0.5) is 0 Å². The highest BCUT2D eigenvalue weighted by atomic mass is 16.5. The summed E-state index contributed by atoms with van der Waals surface area (Å²) in [6, 6.07) is 7.43. The molecule has 2 aliphatic heterocycles. The van der Waals surface area contributed by atoms with E-state index in [0.717, 1.165) is 43.8 Å². The number of nitrogens with zero attached hydrogens (tertiary/aromatic N) is 2. The highest BCUT2D eigenvalue weighted by Gasteiger charge is 2.32. The van der Waals surface area contributed by atoms with Crippen LogP contribution >= 0.6 is 0 Å². The minimum absolute atomic E-state index is 0.0468. The van der Waals surface area contributed by atoms with Crippen molar-refractivity contribution in [1.82, 2.24) is 15.1 Å². The van der Waals surface area contributed by atoms with Crippen molar-refractivity contribution in [3.8, 4) is 5.75 Å². The number of hydrogen-bond acceptors (Lipinski definition) is 4. The van der Waals surface area contributed by atoms with E-state index in [-0.39, 0.29) is 24.3 Å². The summed E-state index contributed by atoms with van der Waals surface area (Å²) in [7, 11) is 1.65. The first-order valence-corrected chi connectivity index (χ1v) is 9.28. The number of methoxy groups -OCH3 is 1. The normalized spacial score (nSPS) is 21.2. The third-order valence-corrected chi connectivity index (χ3v) is 5.04. The predicted octanol–water partition coefficient (Wildman–Crippen LogP) is 1.52. The van der Waals surface area contributed by atoms with Gasteiger partial charge < -0.3 is 15.0 Å². The maximum Gasteiger partial charge on any atom is 0.237 e. The second kappa shape index (κ2) is 8.85. The number of carbonyl (C=O) groups is 2. The van der Waals surface area contributed by atoms with Gasteiger partial charge in [0, 0.05) is 38.3 Å². The van der Waals surface area contributed by atoms with E-state index in [9.17, 15) is 9.59 Å². The molecule has 1 aromatic rings. The van der Waals surface area contributed by atoms with Gasteiger partial charge >= 0.3 is 0 Å². The molecule has 1 N–H and O–H groups in total. The smallest absolute Gasteiger partial charge is 0.237 e. The molecule has 0 saturated carbocycles. The molecule has 0 aliphatic carbocycles. The summed E-state index contributed by atoms with van der Waals surface area (Å²) < 4.78 is 5.36. The fourth-order valence-electron chi connectivity index (χ4n) is 3.58. The van der Waals surface area contributed by atoms with Crippen LogP contribution in [0.3, 0.4) is 0 Å². The van der Waals surface area contributed by atoms with E-state index in [4.69, 9.17) is 4.74 Å². The van der Waals surface area contributed by atoms with Gasteiger partial charge in [0.15, 0.2) is 0 Å². The fraction of sp³-hybridized carbons (Fsp3) is 0.500. The maximum absolute atomic E-state index is 12.5. The zero-order chi connectivity index (χ0) is 18.4. The Morgan fingerprint density at radius 2 is 2.04 bits per heavy atom. The zero-order valence-corrected chi connectivity index (χ0v) is 15.3. The minimum Gasteiger partial charge on any atom is -0.496 e. The number of benzene rings is 1. The standard InChI is InChI=1S/C20H27N3O3/c1-26-18-9-3-2-7-16(18)8-6-13-22-14-10-21-20(25)17(22)15-19(24)23-11-4-5-12-23/h2-3,6-9,17H,4-5,10-15H2,1H3,(H,21,25)/b8-6+. The van der Waals surface area contributed by atoms with E-state index in [2.05, 4.69) is 10.2 Å². The Hall–Kier alpha value is -2.34. The van der Waals surface area contributed by atoms with Crippen LogP contribution in [0.25, 0.3) is 6.08 Å². The molecule has 1 aromatic carbocycles. The molecule has 26 heavy (non-hydrogen) atoms. The monoisotopic (exact) mass is 357 g/mol. The number of para-hydroxylation sites is 1. The lowest BCUT2D eigenvalue weighted by Crippen LogP contribution is -2.56. The summed E-state index contributed by atoms with van der Waals surface area (Å²) in [5, 5.41) is 2.89. The van der Waals surface area contributed by atoms with Crippen molar-refractivity contribution in [2.24, 2.45) is 0 Å². The van der Waals surface area contributed by atoms with E-state index in [1.54, 1.807) is 7.11 Å². The van der Waals surface area contributed by atoms with Crippen LogP contribution in [-0.2, 0) is 9.59 Å². The van der Waals surface area contributed by atoms with Gasteiger partial charge in [0.1, 0.15) is 5.75 Å². The Morgan fingerprint density at radius 1 is 1.27 bits per heavy atom. The first kappa shape index (κ1) is 18.5. The van der Waals surface area contributed by atoms with E-state index < -0.39 is 0 Å². The van der Waals surface area contributed by atoms with Gasteiger partial charge in [-0.1, -0.05) is 30.4 Å². The molecule has 0 radical (unpaired) electrons. The number of nitrogens with one attached hydrogen (secondary N) is 1. The lowest BCUT2D eigenvalue weighted by Gasteiger charge is -2.34. The number of ether oxygens (including phenoxy) is 1. The zero-order valence-electron chi connectivity index (χ0n) is 15.3. The van der Waals surface area contributed by atoms with Gasteiger partial charge in [-0.15, -0.1) is 0 Å². The van der Waals surface area contributed by atoms with E-state index in [1.807, 2.05) is 41.3 Å². The Labute approximate surface area is 154 Å². The number of carbonyl (C=O) groups excluding carboxylic acids is 2. The van der Waals surface area contributed by atoms with Gasteiger partial charge in [-0.25, -0.2) is 0 Å². The van der Waals surface area contributed by atoms with Crippen LogP contribution in [0.2, 0.25) is 0 Å². The van der Waals surface area contributed by atoms with Crippen molar-refractivity contribution in [2.75, 3.05) is 39.8 Å². The predicted molar refractivity (Wildman–Crippen MR) is 101 cm³/mol. The molecule has 0 bridgehead atoms. The molecule has 2 aliphatic rings. The minimum atomic E-state index is -0.390. The molecular weight excluding hydrogens is 330 g/mol. The van der Waals surface area contributed by atoms with Gasteiger partial charge in [0.05, 0.1) is 19.6 Å². The van der Waals surface area contributed by atoms with Gasteiger partial charge in [-0.3, -0.25) is 14.5 Å². The molecule has 140 valence electrons. The molecule has 2 amide bonds. The number of rotatable bonds is 6. The van der Waals surface area contributed by atoms with Gasteiger partial charge in [0.2, 0.25) is 11.8 Å². The lowest BCUT2D eigenvalue weighted by molar-refractivity contribution is -0.138. The van der Waals surface area contributed by atoms with Gasteiger partial charge in [-0.2, -0.15) is 0 Å². The van der Waals surface area contributed by atoms with Crippen LogP contribution in [0.1, 0.15) is 24.8 Å². The summed E-state index contributed by atoms with van der Waals surface area (Å²) in [4.78, 5) is 28.8. The summed E-state index contributed by atoms with van der Waals surface area (Å²) in [6.07, 6.45) is 6.42. The fourth-order valence-corrected chi connectivity index (χ4v) is 3.58. The van der Waals surface area contributed by atoms with Gasteiger partial charge in [-0.05, 0) is 18.9 Å². The Balaban J connectivity index is 1.63. The number of hydrogen-bond donors (Lipinski definition) is 1. The number of likely N-dealkylation sites (tertiary alicyclic amines) is 1. The second-order valence-electron chi connectivity index (χ2n) is 6.74. The van der Waals surface area contributed by atoms with Crippen LogP contribution in [0.5, 0.6) is 5.75 Å². The summed E-state index contributed by atoms with van der Waals surface area (Å²) in [5.74, 6) is 0.860. The van der Waals surface area contributed by atoms with Crippen LogP contribution in [-0.4, -0.2) is 67.5 Å². The first-order valence-electron chi connectivity index (χ1n) is 9.28. The quantitative estimate of drug-likeness (QED) is 0.839. The third-order valence-electron chi connectivity index (χ3n) is 5.04. The van der Waals surface area contributed by atoms with E-state index in [1.165, 1.54) is 0 Å². The molecule has 1 unspecified atom stereocenters. The molecule has 2 saturated heterocycles. The third kappa shape index (κ3) is 4.43. The van der Waals surface area contributed by atoms with Crippen molar-refractivity contribution in [3.63, 3.8) is 0 Å². The molecule has 3 rings (SSSR count). The summed E-state index contributed by atoms with van der Waals surface area (Å²) >= 11 is 0. The van der Waals surface area contributed by atoms with E-state index in [0.29, 0.717) is 13.1 Å². The Kier molecular flexibility index (Phi) is 6.28. The van der Waals surface area contributed by atoms with Crippen molar-refractivity contribution in [2.45, 2.75) is 25.3 Å². The van der Waals surface area contributed by atoms with Crippen molar-refractivity contribution < 1.29 is 14.3 Å². The summed E-state index contributed by atoms with van der Waals surface area (Å²) in [5.41, 5.74) is 1.00. The highest BCUT2D eigenvalue weighted by molar-refractivity contribution is 5.89. The molecular formula is C20H27N3O3. The molecule has 0 aromatic heterocycles. The molecule has 2 fully saturated rings. The molecule has 6 nitrogen and oxygen atoms in total. The molecule has 2 heterocycles. The summed E-state index contributed by atoms with van der Waals surface area (Å²) in [6.45, 7) is 3.64. The largest absolute Gasteiger partial charge is 0.496 e. The van der Waals surface area contributed by atoms with E-state index >= 15 is 0 Å². The topological polar surface area (TPSA) is 61.9 Å². The first-order chi connectivity index (χ1) is 12.7. The maximum atomic E-state index is 12.5. The molecule has 6 heteroatoms. The van der Waals surface area contributed by atoms with Crippen LogP contribution in [0.15, 0.2) is 30.3 Å². The van der Waals surface area contributed by atoms with Crippen molar-refractivity contribution in [3.05, 3.63) is 35.9 Å². The Morgan fingerprint density at radius 3 is 2.81 bits per heavy atom. The molecule has 1 atom stereocenters.